The summed E-state index contributed by atoms with van der Waals surface area (Å²) in [5.74, 6) is -0.146. The van der Waals surface area contributed by atoms with Crippen LogP contribution in [0, 0.1) is 6.92 Å². The topological polar surface area (TPSA) is 60.0 Å². The van der Waals surface area contributed by atoms with E-state index in [2.05, 4.69) is 4.98 Å². The first-order chi connectivity index (χ1) is 8.68. The Hall–Kier alpha value is -2.04. The number of hydrogen-bond acceptors (Lipinski definition) is 3. The first-order valence-corrected chi connectivity index (χ1v) is 6.03. The number of unbranched alkanes of at least 4 members (excludes halogenated alkanes) is 1. The molecule has 0 atom stereocenters. The van der Waals surface area contributed by atoms with Gasteiger partial charge in [-0.3, -0.25) is 4.79 Å². The van der Waals surface area contributed by atoms with Crippen LogP contribution in [0.3, 0.4) is 0 Å². The molecule has 0 saturated carbocycles. The maximum atomic E-state index is 11.2. The fourth-order valence-corrected chi connectivity index (χ4v) is 1.90. The number of nitrogens with zero attached hydrogens (tertiary/aromatic N) is 3. The van der Waals surface area contributed by atoms with Gasteiger partial charge in [0.15, 0.2) is 5.75 Å². The molecule has 0 unspecified atom stereocenters. The van der Waals surface area contributed by atoms with Gasteiger partial charge in [-0.15, -0.1) is 0 Å². The van der Waals surface area contributed by atoms with E-state index in [1.165, 1.54) is 6.07 Å². The summed E-state index contributed by atoms with van der Waals surface area (Å²) in [5.41, 5.74) is 0.312. The van der Waals surface area contributed by atoms with Gasteiger partial charge in [0.05, 0.1) is 12.0 Å². The largest absolute Gasteiger partial charge is 0.503 e. The SMILES string of the molecule is Cc1c(O)c(=O)ccn1CCCCn1ccnc1. The Labute approximate surface area is 105 Å². The van der Waals surface area contributed by atoms with Crippen LogP contribution < -0.4 is 5.43 Å². The normalized spacial score (nSPS) is 10.7. The summed E-state index contributed by atoms with van der Waals surface area (Å²) < 4.78 is 3.94. The fourth-order valence-electron chi connectivity index (χ4n) is 1.90. The van der Waals surface area contributed by atoms with Crippen LogP contribution >= 0.6 is 0 Å². The molecule has 1 N–H and O–H groups in total. The number of hydrogen-bond donors (Lipinski definition) is 1. The molecule has 96 valence electrons. The second-order valence-electron chi connectivity index (χ2n) is 4.32. The Kier molecular flexibility index (Phi) is 3.82. The van der Waals surface area contributed by atoms with Gasteiger partial charge in [0, 0.05) is 37.7 Å². The van der Waals surface area contributed by atoms with Gasteiger partial charge in [-0.2, -0.15) is 0 Å². The average Bonchev–Trinajstić information content (AvgIpc) is 2.87. The lowest BCUT2D eigenvalue weighted by atomic mass is 10.2. The predicted octanol–water partition coefficient (Wildman–Crippen LogP) is 1.54. The van der Waals surface area contributed by atoms with Gasteiger partial charge in [0.2, 0.25) is 5.43 Å². The van der Waals surface area contributed by atoms with Crippen LogP contribution in [0.25, 0.3) is 0 Å². The van der Waals surface area contributed by atoms with Crippen LogP contribution in [0.1, 0.15) is 18.5 Å². The highest BCUT2D eigenvalue weighted by atomic mass is 16.3. The van der Waals surface area contributed by atoms with Gasteiger partial charge >= 0.3 is 0 Å². The zero-order valence-corrected chi connectivity index (χ0v) is 10.4. The van der Waals surface area contributed by atoms with Crippen molar-refractivity contribution in [1.29, 1.82) is 0 Å². The standard InChI is InChI=1S/C13H17N3O2/c1-11-13(18)12(17)4-8-16(11)7-3-2-6-15-9-5-14-10-15/h4-5,8-10,18H,2-3,6-7H2,1H3. The summed E-state index contributed by atoms with van der Waals surface area (Å²) in [5, 5.41) is 9.55. The lowest BCUT2D eigenvalue weighted by molar-refractivity contribution is 0.449. The molecule has 0 aliphatic carbocycles. The van der Waals surface area contributed by atoms with E-state index >= 15 is 0 Å². The van der Waals surface area contributed by atoms with Crippen molar-refractivity contribution in [3.8, 4) is 5.75 Å². The van der Waals surface area contributed by atoms with Crippen molar-refractivity contribution < 1.29 is 5.11 Å². The molecule has 2 heterocycles. The zero-order valence-electron chi connectivity index (χ0n) is 10.4. The van der Waals surface area contributed by atoms with E-state index in [9.17, 15) is 9.90 Å². The van der Waals surface area contributed by atoms with Gasteiger partial charge in [-0.05, 0) is 19.8 Å². The molecule has 0 fully saturated rings. The minimum Gasteiger partial charge on any atom is -0.503 e. The molecule has 0 aliphatic rings. The lowest BCUT2D eigenvalue weighted by Gasteiger charge is -2.11. The third kappa shape index (κ3) is 2.80. The van der Waals surface area contributed by atoms with Gasteiger partial charge in [0.1, 0.15) is 0 Å². The maximum Gasteiger partial charge on any atom is 0.223 e. The van der Waals surface area contributed by atoms with E-state index in [4.69, 9.17) is 0 Å². The smallest absolute Gasteiger partial charge is 0.223 e. The highest BCUT2D eigenvalue weighted by Crippen LogP contribution is 2.10. The van der Waals surface area contributed by atoms with Crippen molar-refractivity contribution in [2.75, 3.05) is 0 Å². The first kappa shape index (κ1) is 12.4. The van der Waals surface area contributed by atoms with Crippen molar-refractivity contribution in [3.63, 3.8) is 0 Å². The Bertz CT molecular complexity index is 558. The quantitative estimate of drug-likeness (QED) is 0.815. The van der Waals surface area contributed by atoms with Gasteiger partial charge < -0.3 is 14.2 Å². The molecule has 5 heteroatoms. The van der Waals surface area contributed by atoms with Crippen molar-refractivity contribution >= 4 is 0 Å². The molecule has 2 rings (SSSR count). The van der Waals surface area contributed by atoms with E-state index in [1.807, 2.05) is 15.3 Å². The van der Waals surface area contributed by atoms with E-state index in [-0.39, 0.29) is 11.2 Å². The average molecular weight is 247 g/mol. The molecule has 5 nitrogen and oxygen atoms in total. The molecule has 0 aliphatic heterocycles. The summed E-state index contributed by atoms with van der Waals surface area (Å²) in [6.45, 7) is 3.49. The molecule has 2 aromatic heterocycles. The van der Waals surface area contributed by atoms with Crippen molar-refractivity contribution in [2.45, 2.75) is 32.9 Å². The highest BCUT2D eigenvalue weighted by molar-refractivity contribution is 5.25. The molecule has 0 aromatic carbocycles. The fraction of sp³-hybridized carbons (Fsp3) is 0.385. The Morgan fingerprint density at radius 1 is 1.28 bits per heavy atom. The minimum absolute atomic E-state index is 0.146. The molecule has 18 heavy (non-hydrogen) atoms. The lowest BCUT2D eigenvalue weighted by Crippen LogP contribution is -2.10. The van der Waals surface area contributed by atoms with E-state index in [0.717, 1.165) is 25.9 Å². The number of aryl methyl sites for hydroxylation is 2. The third-order valence-corrected chi connectivity index (χ3v) is 3.04. The zero-order chi connectivity index (χ0) is 13.0. The number of aromatic hydroxyl groups is 1. The molecule has 0 spiro atoms. The summed E-state index contributed by atoms with van der Waals surface area (Å²) in [6, 6.07) is 1.40. The van der Waals surface area contributed by atoms with E-state index in [1.54, 1.807) is 25.6 Å². The monoisotopic (exact) mass is 247 g/mol. The third-order valence-electron chi connectivity index (χ3n) is 3.04. The number of rotatable bonds is 5. The summed E-state index contributed by atoms with van der Waals surface area (Å²) in [7, 11) is 0. The highest BCUT2D eigenvalue weighted by Gasteiger charge is 2.04. The molecular weight excluding hydrogens is 230 g/mol. The maximum absolute atomic E-state index is 11.2. The van der Waals surface area contributed by atoms with Gasteiger partial charge in [-0.1, -0.05) is 0 Å². The van der Waals surface area contributed by atoms with Crippen LogP contribution in [-0.4, -0.2) is 19.2 Å². The van der Waals surface area contributed by atoms with Crippen LogP contribution in [0.15, 0.2) is 35.8 Å². The first-order valence-electron chi connectivity index (χ1n) is 6.03. The van der Waals surface area contributed by atoms with Gasteiger partial charge in [-0.25, -0.2) is 4.98 Å². The molecule has 0 radical (unpaired) electrons. The summed E-state index contributed by atoms with van der Waals surface area (Å²) in [4.78, 5) is 15.2. The van der Waals surface area contributed by atoms with E-state index in [0.29, 0.717) is 5.69 Å². The Balaban J connectivity index is 1.87. The Morgan fingerprint density at radius 3 is 2.78 bits per heavy atom. The second-order valence-corrected chi connectivity index (χ2v) is 4.32. The number of imidazole rings is 1. The minimum atomic E-state index is -0.317. The molecule has 2 aromatic rings. The summed E-state index contributed by atoms with van der Waals surface area (Å²) in [6.07, 6.45) is 9.26. The molecule has 0 saturated heterocycles. The van der Waals surface area contributed by atoms with E-state index < -0.39 is 0 Å². The van der Waals surface area contributed by atoms with Crippen LogP contribution in [0.2, 0.25) is 0 Å². The van der Waals surface area contributed by atoms with Crippen LogP contribution in [0.5, 0.6) is 5.75 Å². The Morgan fingerprint density at radius 2 is 2.06 bits per heavy atom. The predicted molar refractivity (Wildman–Crippen MR) is 68.6 cm³/mol. The molecule has 0 bridgehead atoms. The second kappa shape index (κ2) is 5.53. The van der Waals surface area contributed by atoms with Crippen molar-refractivity contribution in [3.05, 3.63) is 46.9 Å². The molecule has 0 amide bonds. The number of pyridine rings is 1. The van der Waals surface area contributed by atoms with Crippen LogP contribution in [0.4, 0.5) is 0 Å². The molecular formula is C13H17N3O2. The number of aromatic nitrogens is 3. The van der Waals surface area contributed by atoms with Crippen molar-refractivity contribution in [2.24, 2.45) is 0 Å². The van der Waals surface area contributed by atoms with Crippen molar-refractivity contribution in [1.82, 2.24) is 14.1 Å². The summed E-state index contributed by atoms with van der Waals surface area (Å²) >= 11 is 0. The van der Waals surface area contributed by atoms with Gasteiger partial charge in [0.25, 0.3) is 0 Å². The van der Waals surface area contributed by atoms with Crippen LogP contribution in [-0.2, 0) is 13.1 Å².